The van der Waals surface area contributed by atoms with Crippen LogP contribution in [0.5, 0.6) is 0 Å². The molecule has 0 aliphatic rings. The van der Waals surface area contributed by atoms with Gasteiger partial charge in [-0.05, 0) is 12.1 Å². The first kappa shape index (κ1) is 12.2. The molecule has 0 spiro atoms. The summed E-state index contributed by atoms with van der Waals surface area (Å²) in [5.74, 6) is 1.10. The molecule has 17 heavy (non-hydrogen) atoms. The van der Waals surface area contributed by atoms with Gasteiger partial charge in [0, 0.05) is 42.0 Å². The maximum Gasteiger partial charge on any atom is 0.0921 e. The number of H-pyrrole nitrogens is 1. The summed E-state index contributed by atoms with van der Waals surface area (Å²) in [4.78, 5) is 8.42. The summed E-state index contributed by atoms with van der Waals surface area (Å²) in [5.41, 5.74) is 1.19. The van der Waals surface area contributed by atoms with Gasteiger partial charge < -0.3 is 10.3 Å². The molecule has 0 saturated carbocycles. The zero-order chi connectivity index (χ0) is 11.8. The highest BCUT2D eigenvalue weighted by atomic mass is 32.2. The molecular weight excluding hydrogens is 230 g/mol. The Morgan fingerprint density at radius 1 is 1.18 bits per heavy atom. The Labute approximate surface area is 106 Å². The van der Waals surface area contributed by atoms with Crippen LogP contribution in [0.1, 0.15) is 5.69 Å². The number of rotatable bonds is 7. The Kier molecular flexibility index (Phi) is 5.13. The number of hydrogen-bond acceptors (Lipinski definition) is 3. The number of nitrogens with one attached hydrogen (secondary N) is 2. The first-order valence-electron chi connectivity index (χ1n) is 5.81. The fourth-order valence-corrected chi connectivity index (χ4v) is 2.36. The molecule has 1 aromatic carbocycles. The monoisotopic (exact) mass is 247 g/mol. The molecule has 2 rings (SSSR count). The Morgan fingerprint density at radius 3 is 2.82 bits per heavy atom. The molecular formula is C13H17N3S. The van der Waals surface area contributed by atoms with Crippen molar-refractivity contribution in [3.05, 3.63) is 48.5 Å². The molecule has 3 nitrogen and oxygen atoms in total. The average Bonchev–Trinajstić information content (AvgIpc) is 2.88. The van der Waals surface area contributed by atoms with Gasteiger partial charge in [-0.15, -0.1) is 11.8 Å². The van der Waals surface area contributed by atoms with Crippen LogP contribution in [0.25, 0.3) is 0 Å². The fraction of sp³-hybridized carbons (Fsp3) is 0.308. The van der Waals surface area contributed by atoms with Crippen molar-refractivity contribution in [2.24, 2.45) is 0 Å². The van der Waals surface area contributed by atoms with Crippen LogP contribution in [0, 0.1) is 0 Å². The topological polar surface area (TPSA) is 40.7 Å². The molecule has 0 atom stereocenters. The van der Waals surface area contributed by atoms with Gasteiger partial charge in [0.25, 0.3) is 0 Å². The quantitative estimate of drug-likeness (QED) is 0.583. The van der Waals surface area contributed by atoms with Crippen molar-refractivity contribution < 1.29 is 0 Å². The zero-order valence-corrected chi connectivity index (χ0v) is 10.5. The molecule has 0 fully saturated rings. The third-order valence-electron chi connectivity index (χ3n) is 2.42. The summed E-state index contributed by atoms with van der Waals surface area (Å²) in [6, 6.07) is 10.5. The minimum Gasteiger partial charge on any atom is -0.348 e. The van der Waals surface area contributed by atoms with Crippen LogP contribution in [0.2, 0.25) is 0 Å². The van der Waals surface area contributed by atoms with Crippen LogP contribution in [0.15, 0.2) is 47.8 Å². The van der Waals surface area contributed by atoms with E-state index in [-0.39, 0.29) is 0 Å². The molecule has 90 valence electrons. The van der Waals surface area contributed by atoms with Crippen LogP contribution in [-0.4, -0.2) is 28.8 Å². The lowest BCUT2D eigenvalue weighted by atomic mass is 10.3. The van der Waals surface area contributed by atoms with Crippen LogP contribution >= 0.6 is 11.8 Å². The van der Waals surface area contributed by atoms with E-state index in [1.165, 1.54) is 10.6 Å². The number of nitrogens with zero attached hydrogens (tertiary/aromatic N) is 1. The van der Waals surface area contributed by atoms with E-state index in [0.29, 0.717) is 0 Å². The van der Waals surface area contributed by atoms with E-state index in [0.717, 1.165) is 25.3 Å². The molecule has 2 N–H and O–H groups in total. The Bertz CT molecular complexity index is 400. The smallest absolute Gasteiger partial charge is 0.0921 e. The maximum absolute atomic E-state index is 3.99. The number of aromatic amines is 1. The van der Waals surface area contributed by atoms with E-state index in [4.69, 9.17) is 0 Å². The lowest BCUT2D eigenvalue weighted by molar-refractivity contribution is 0.714. The van der Waals surface area contributed by atoms with Gasteiger partial charge in [-0.1, -0.05) is 18.2 Å². The first-order chi connectivity index (χ1) is 8.45. The second kappa shape index (κ2) is 7.14. The highest BCUT2D eigenvalue weighted by Crippen LogP contribution is 2.15. The Morgan fingerprint density at radius 2 is 2.06 bits per heavy atom. The third-order valence-corrected chi connectivity index (χ3v) is 3.43. The van der Waals surface area contributed by atoms with Crippen molar-refractivity contribution in [2.75, 3.05) is 18.8 Å². The van der Waals surface area contributed by atoms with Crippen molar-refractivity contribution in [3.8, 4) is 0 Å². The number of aromatic nitrogens is 2. The Hall–Kier alpha value is -1.26. The van der Waals surface area contributed by atoms with Crippen LogP contribution in [0.3, 0.4) is 0 Å². The lowest BCUT2D eigenvalue weighted by Crippen LogP contribution is -2.20. The minimum absolute atomic E-state index is 0.998. The van der Waals surface area contributed by atoms with Crippen molar-refractivity contribution in [3.63, 3.8) is 0 Å². The van der Waals surface area contributed by atoms with Crippen molar-refractivity contribution in [1.29, 1.82) is 0 Å². The van der Waals surface area contributed by atoms with Gasteiger partial charge in [-0.3, -0.25) is 0 Å². The Balaban J connectivity index is 1.52. The number of hydrogen-bond donors (Lipinski definition) is 2. The van der Waals surface area contributed by atoms with E-state index in [1.54, 1.807) is 6.33 Å². The molecule has 1 aromatic heterocycles. The predicted molar refractivity (Wildman–Crippen MR) is 72.3 cm³/mol. The van der Waals surface area contributed by atoms with Crippen molar-refractivity contribution >= 4 is 11.8 Å². The number of thioether (sulfide) groups is 1. The molecule has 0 saturated heterocycles. The first-order valence-corrected chi connectivity index (χ1v) is 6.79. The van der Waals surface area contributed by atoms with E-state index in [9.17, 15) is 0 Å². The van der Waals surface area contributed by atoms with Gasteiger partial charge in [-0.2, -0.15) is 0 Å². The largest absolute Gasteiger partial charge is 0.348 e. The van der Waals surface area contributed by atoms with Crippen LogP contribution < -0.4 is 5.32 Å². The zero-order valence-electron chi connectivity index (χ0n) is 9.73. The summed E-state index contributed by atoms with van der Waals surface area (Å²) >= 11 is 1.89. The summed E-state index contributed by atoms with van der Waals surface area (Å²) in [6.07, 6.45) is 4.61. The summed E-state index contributed by atoms with van der Waals surface area (Å²) in [6.45, 7) is 2.03. The molecule has 0 radical (unpaired) electrons. The highest BCUT2D eigenvalue weighted by molar-refractivity contribution is 7.99. The van der Waals surface area contributed by atoms with Gasteiger partial charge in [0.2, 0.25) is 0 Å². The standard InChI is InChI=1S/C13H17N3S/c1-2-4-13(5-3-1)17-9-8-14-7-6-12-10-15-11-16-12/h1-5,10-11,14H,6-9H2,(H,15,16). The predicted octanol–water partition coefficient (Wildman–Crippen LogP) is 2.33. The fourth-order valence-electron chi connectivity index (χ4n) is 1.53. The van der Waals surface area contributed by atoms with Crippen molar-refractivity contribution in [1.82, 2.24) is 15.3 Å². The second-order valence-electron chi connectivity index (χ2n) is 3.74. The molecule has 4 heteroatoms. The molecule has 1 heterocycles. The number of imidazole rings is 1. The summed E-state index contributed by atoms with van der Waals surface area (Å²) < 4.78 is 0. The van der Waals surface area contributed by atoms with Gasteiger partial charge in [0.15, 0.2) is 0 Å². The number of benzene rings is 1. The maximum atomic E-state index is 3.99. The van der Waals surface area contributed by atoms with E-state index in [2.05, 4.69) is 39.6 Å². The van der Waals surface area contributed by atoms with Crippen LogP contribution in [0.4, 0.5) is 0 Å². The summed E-state index contributed by atoms with van der Waals surface area (Å²) in [7, 11) is 0. The van der Waals surface area contributed by atoms with E-state index < -0.39 is 0 Å². The summed E-state index contributed by atoms with van der Waals surface area (Å²) in [5, 5.41) is 3.43. The highest BCUT2D eigenvalue weighted by Gasteiger charge is 1.94. The molecule has 0 amide bonds. The van der Waals surface area contributed by atoms with Gasteiger partial charge >= 0.3 is 0 Å². The van der Waals surface area contributed by atoms with Gasteiger partial charge in [0.1, 0.15) is 0 Å². The molecule has 0 aliphatic carbocycles. The van der Waals surface area contributed by atoms with E-state index in [1.807, 2.05) is 24.0 Å². The SMILES string of the molecule is c1ccc(SCCNCCc2cnc[nH]2)cc1. The van der Waals surface area contributed by atoms with Crippen molar-refractivity contribution in [2.45, 2.75) is 11.3 Å². The van der Waals surface area contributed by atoms with Gasteiger partial charge in [0.05, 0.1) is 6.33 Å². The molecule has 0 bridgehead atoms. The third kappa shape index (κ3) is 4.63. The normalized spacial score (nSPS) is 10.6. The van der Waals surface area contributed by atoms with Crippen LogP contribution in [-0.2, 0) is 6.42 Å². The minimum atomic E-state index is 0.998. The average molecular weight is 247 g/mol. The molecule has 0 unspecified atom stereocenters. The van der Waals surface area contributed by atoms with Gasteiger partial charge in [-0.25, -0.2) is 4.98 Å². The molecule has 2 aromatic rings. The lowest BCUT2D eigenvalue weighted by Gasteiger charge is -2.03. The second-order valence-corrected chi connectivity index (χ2v) is 4.91. The van der Waals surface area contributed by atoms with E-state index >= 15 is 0 Å². The molecule has 0 aliphatic heterocycles.